The number of rotatable bonds is 7. The third-order valence-corrected chi connectivity index (χ3v) is 3.71. The summed E-state index contributed by atoms with van der Waals surface area (Å²) in [5.41, 5.74) is 7.16. The SMILES string of the molecule is CCCCC(CC)(CN)Cc1cccc(F)c1. The van der Waals surface area contributed by atoms with Crippen molar-refractivity contribution in [2.24, 2.45) is 11.1 Å². The quantitative estimate of drug-likeness (QED) is 0.764. The lowest BCUT2D eigenvalue weighted by Gasteiger charge is -2.31. The highest BCUT2D eigenvalue weighted by atomic mass is 19.1. The average Bonchev–Trinajstić information content (AvgIpc) is 2.35. The van der Waals surface area contributed by atoms with Gasteiger partial charge < -0.3 is 5.73 Å². The monoisotopic (exact) mass is 237 g/mol. The molecule has 1 nitrogen and oxygen atoms in total. The van der Waals surface area contributed by atoms with Crippen molar-refractivity contribution < 1.29 is 4.39 Å². The van der Waals surface area contributed by atoms with Crippen molar-refractivity contribution >= 4 is 0 Å². The van der Waals surface area contributed by atoms with Gasteiger partial charge in [0.2, 0.25) is 0 Å². The summed E-state index contributed by atoms with van der Waals surface area (Å²) in [5, 5.41) is 0. The first-order valence-corrected chi connectivity index (χ1v) is 6.60. The van der Waals surface area contributed by atoms with Gasteiger partial charge in [-0.1, -0.05) is 38.8 Å². The standard InChI is InChI=1S/C15H24FN/c1-3-5-9-15(4-2,12-17)11-13-7-6-8-14(16)10-13/h6-8,10H,3-5,9,11-12,17H2,1-2H3. The maximum Gasteiger partial charge on any atom is 0.123 e. The molecule has 1 aromatic rings. The van der Waals surface area contributed by atoms with Gasteiger partial charge in [-0.05, 0) is 48.9 Å². The van der Waals surface area contributed by atoms with E-state index in [9.17, 15) is 4.39 Å². The highest BCUT2D eigenvalue weighted by Crippen LogP contribution is 2.32. The van der Waals surface area contributed by atoms with E-state index >= 15 is 0 Å². The molecule has 17 heavy (non-hydrogen) atoms. The molecule has 0 saturated heterocycles. The van der Waals surface area contributed by atoms with E-state index in [0.717, 1.165) is 24.8 Å². The molecule has 0 aliphatic heterocycles. The Morgan fingerprint density at radius 2 is 2.06 bits per heavy atom. The molecule has 0 aliphatic carbocycles. The third-order valence-electron chi connectivity index (χ3n) is 3.71. The van der Waals surface area contributed by atoms with Crippen LogP contribution in [0.1, 0.15) is 45.1 Å². The summed E-state index contributed by atoms with van der Waals surface area (Å²) >= 11 is 0. The largest absolute Gasteiger partial charge is 0.330 e. The van der Waals surface area contributed by atoms with E-state index in [2.05, 4.69) is 13.8 Å². The molecule has 0 saturated carbocycles. The van der Waals surface area contributed by atoms with Crippen molar-refractivity contribution in [2.45, 2.75) is 46.0 Å². The lowest BCUT2D eigenvalue weighted by molar-refractivity contribution is 0.251. The van der Waals surface area contributed by atoms with Crippen LogP contribution in [0.15, 0.2) is 24.3 Å². The normalized spacial score (nSPS) is 14.6. The first kappa shape index (κ1) is 14.2. The minimum Gasteiger partial charge on any atom is -0.330 e. The number of halogens is 1. The van der Waals surface area contributed by atoms with Crippen molar-refractivity contribution in [1.29, 1.82) is 0 Å². The van der Waals surface area contributed by atoms with E-state index in [1.165, 1.54) is 18.9 Å². The van der Waals surface area contributed by atoms with E-state index in [1.807, 2.05) is 6.07 Å². The summed E-state index contributed by atoms with van der Waals surface area (Å²) in [7, 11) is 0. The van der Waals surface area contributed by atoms with Crippen LogP contribution in [0.3, 0.4) is 0 Å². The molecule has 96 valence electrons. The predicted octanol–water partition coefficient (Wildman–Crippen LogP) is 3.91. The minimum atomic E-state index is -0.153. The Labute approximate surface area is 104 Å². The van der Waals surface area contributed by atoms with Crippen molar-refractivity contribution in [3.05, 3.63) is 35.6 Å². The van der Waals surface area contributed by atoms with Gasteiger partial charge in [0.05, 0.1) is 0 Å². The topological polar surface area (TPSA) is 26.0 Å². The Morgan fingerprint density at radius 3 is 2.59 bits per heavy atom. The summed E-state index contributed by atoms with van der Waals surface area (Å²) in [4.78, 5) is 0. The van der Waals surface area contributed by atoms with E-state index in [-0.39, 0.29) is 11.2 Å². The van der Waals surface area contributed by atoms with Crippen molar-refractivity contribution in [3.63, 3.8) is 0 Å². The summed E-state index contributed by atoms with van der Waals surface area (Å²) < 4.78 is 13.2. The van der Waals surface area contributed by atoms with Crippen LogP contribution in [-0.4, -0.2) is 6.54 Å². The minimum absolute atomic E-state index is 0.143. The fraction of sp³-hybridized carbons (Fsp3) is 0.600. The van der Waals surface area contributed by atoms with E-state index < -0.39 is 0 Å². The summed E-state index contributed by atoms with van der Waals surface area (Å²) in [6.07, 6.45) is 5.45. The molecule has 1 rings (SSSR count). The number of hydrogen-bond acceptors (Lipinski definition) is 1. The average molecular weight is 237 g/mol. The van der Waals surface area contributed by atoms with Gasteiger partial charge in [0.25, 0.3) is 0 Å². The van der Waals surface area contributed by atoms with Gasteiger partial charge in [0.1, 0.15) is 5.82 Å². The summed E-state index contributed by atoms with van der Waals surface area (Å²) in [5.74, 6) is -0.153. The maximum absolute atomic E-state index is 13.2. The molecule has 0 aromatic heterocycles. The second kappa shape index (κ2) is 6.75. The first-order chi connectivity index (χ1) is 8.15. The van der Waals surface area contributed by atoms with Crippen molar-refractivity contribution in [3.8, 4) is 0 Å². The highest BCUT2D eigenvalue weighted by molar-refractivity contribution is 5.18. The Bertz CT molecular complexity index is 331. The molecule has 0 heterocycles. The second-order valence-electron chi connectivity index (χ2n) is 4.97. The molecule has 1 atom stereocenters. The fourth-order valence-corrected chi connectivity index (χ4v) is 2.34. The number of benzene rings is 1. The zero-order valence-corrected chi connectivity index (χ0v) is 11.0. The predicted molar refractivity (Wildman–Crippen MR) is 71.4 cm³/mol. The molecule has 1 unspecified atom stereocenters. The third kappa shape index (κ3) is 4.12. The fourth-order valence-electron chi connectivity index (χ4n) is 2.34. The zero-order chi connectivity index (χ0) is 12.7. The number of nitrogens with two attached hydrogens (primary N) is 1. The van der Waals surface area contributed by atoms with E-state index in [0.29, 0.717) is 6.54 Å². The van der Waals surface area contributed by atoms with E-state index in [4.69, 9.17) is 5.73 Å². The summed E-state index contributed by atoms with van der Waals surface area (Å²) in [6.45, 7) is 5.06. The van der Waals surface area contributed by atoms with Gasteiger partial charge in [0.15, 0.2) is 0 Å². The Morgan fingerprint density at radius 1 is 1.29 bits per heavy atom. The first-order valence-electron chi connectivity index (χ1n) is 6.60. The molecule has 0 aliphatic rings. The number of unbranched alkanes of at least 4 members (excludes halogenated alkanes) is 1. The van der Waals surface area contributed by atoms with Crippen LogP contribution in [0.4, 0.5) is 4.39 Å². The second-order valence-corrected chi connectivity index (χ2v) is 4.97. The molecular weight excluding hydrogens is 213 g/mol. The van der Waals surface area contributed by atoms with Crippen LogP contribution < -0.4 is 5.73 Å². The smallest absolute Gasteiger partial charge is 0.123 e. The molecule has 0 spiro atoms. The molecule has 2 N–H and O–H groups in total. The van der Waals surface area contributed by atoms with Crippen LogP contribution in [0, 0.1) is 11.2 Å². The molecule has 0 bridgehead atoms. The van der Waals surface area contributed by atoms with Crippen LogP contribution in [-0.2, 0) is 6.42 Å². The van der Waals surface area contributed by atoms with Crippen LogP contribution in [0.25, 0.3) is 0 Å². The van der Waals surface area contributed by atoms with Gasteiger partial charge in [0, 0.05) is 0 Å². The van der Waals surface area contributed by atoms with Gasteiger partial charge in [-0.15, -0.1) is 0 Å². The molecular formula is C15H24FN. The molecule has 1 aromatic carbocycles. The van der Waals surface area contributed by atoms with Crippen molar-refractivity contribution in [2.75, 3.05) is 6.54 Å². The molecule has 2 heteroatoms. The van der Waals surface area contributed by atoms with Gasteiger partial charge >= 0.3 is 0 Å². The van der Waals surface area contributed by atoms with Crippen LogP contribution >= 0.6 is 0 Å². The Hall–Kier alpha value is -0.890. The Kier molecular flexibility index (Phi) is 5.63. The lowest BCUT2D eigenvalue weighted by Crippen LogP contribution is -2.32. The van der Waals surface area contributed by atoms with Gasteiger partial charge in [-0.3, -0.25) is 0 Å². The van der Waals surface area contributed by atoms with Crippen LogP contribution in [0.5, 0.6) is 0 Å². The molecule has 0 amide bonds. The van der Waals surface area contributed by atoms with E-state index in [1.54, 1.807) is 12.1 Å². The summed E-state index contributed by atoms with van der Waals surface area (Å²) in [6, 6.07) is 6.90. The van der Waals surface area contributed by atoms with Gasteiger partial charge in [-0.25, -0.2) is 4.39 Å². The maximum atomic E-state index is 13.2. The number of hydrogen-bond donors (Lipinski definition) is 1. The molecule has 0 fully saturated rings. The van der Waals surface area contributed by atoms with Crippen LogP contribution in [0.2, 0.25) is 0 Å². The molecule has 0 radical (unpaired) electrons. The highest BCUT2D eigenvalue weighted by Gasteiger charge is 2.26. The lowest BCUT2D eigenvalue weighted by atomic mass is 9.75. The van der Waals surface area contributed by atoms with Gasteiger partial charge in [-0.2, -0.15) is 0 Å². The Balaban J connectivity index is 2.78. The zero-order valence-electron chi connectivity index (χ0n) is 11.0. The van der Waals surface area contributed by atoms with Crippen molar-refractivity contribution in [1.82, 2.24) is 0 Å².